The maximum absolute atomic E-state index is 5.29. The van der Waals surface area contributed by atoms with Crippen molar-refractivity contribution < 1.29 is 0 Å². The molecule has 0 spiro atoms. The third-order valence-electron chi connectivity index (χ3n) is 19.7. The van der Waals surface area contributed by atoms with E-state index in [0.717, 1.165) is 101 Å². The smallest absolute Gasteiger partial charge is 0.160 e. The van der Waals surface area contributed by atoms with Crippen molar-refractivity contribution in [1.29, 1.82) is 0 Å². The molecule has 0 bridgehead atoms. The summed E-state index contributed by atoms with van der Waals surface area (Å²) in [6, 6.07) is 119. The van der Waals surface area contributed by atoms with Gasteiger partial charge in [0.05, 0.1) is 22.8 Å². The molecule has 0 radical (unpaired) electrons. The van der Waals surface area contributed by atoms with E-state index in [1.165, 1.54) is 76.5 Å². The van der Waals surface area contributed by atoms with E-state index in [4.69, 9.17) is 19.9 Å². The fourth-order valence-electron chi connectivity index (χ4n) is 14.8. The molecule has 13 aromatic carbocycles. The lowest BCUT2D eigenvalue weighted by molar-refractivity contribution is 1.18. The van der Waals surface area contributed by atoms with E-state index >= 15 is 0 Å². The zero-order valence-corrected chi connectivity index (χ0v) is 57.5. The number of nitrogens with zero attached hydrogens (tertiary/aromatic N) is 8. The second-order valence-corrected chi connectivity index (χ2v) is 26.2. The van der Waals surface area contributed by atoms with Crippen molar-refractivity contribution in [2.45, 2.75) is 0 Å². The number of hydrogen-bond donors (Lipinski definition) is 0. The summed E-state index contributed by atoms with van der Waals surface area (Å²) in [5.74, 6) is 1.32. The number of pyridine rings is 4. The molecular weight excluding hydrogens is 1290 g/mol. The lowest BCUT2D eigenvalue weighted by atomic mass is 9.85. The van der Waals surface area contributed by atoms with Gasteiger partial charge in [-0.2, -0.15) is 0 Å². The highest BCUT2D eigenvalue weighted by molar-refractivity contribution is 6.23. The molecule has 0 fully saturated rings. The molecule has 0 saturated heterocycles. The quantitative estimate of drug-likeness (QED) is 0.105. The van der Waals surface area contributed by atoms with Crippen molar-refractivity contribution in [2.24, 2.45) is 0 Å². The van der Waals surface area contributed by atoms with Crippen molar-refractivity contribution in [3.8, 4) is 146 Å². The Balaban J connectivity index is 0.000000151. The monoisotopic (exact) mass is 1350 g/mol. The zero-order valence-electron chi connectivity index (χ0n) is 57.5. The van der Waals surface area contributed by atoms with E-state index in [0.29, 0.717) is 11.6 Å². The van der Waals surface area contributed by atoms with Crippen molar-refractivity contribution in [2.75, 3.05) is 0 Å². The van der Waals surface area contributed by atoms with Gasteiger partial charge in [-0.25, -0.2) is 19.9 Å². The predicted octanol–water partition coefficient (Wildman–Crippen LogP) is 24.8. The topological polar surface area (TPSA) is 103 Å². The molecule has 0 unspecified atom stereocenters. The molecule has 0 N–H and O–H groups in total. The zero-order chi connectivity index (χ0) is 70.5. The Kier molecular flexibility index (Phi) is 17.2. The minimum absolute atomic E-state index is 0.657. The van der Waals surface area contributed by atoms with Crippen LogP contribution in [0.1, 0.15) is 0 Å². The fourth-order valence-corrected chi connectivity index (χ4v) is 14.8. The highest BCUT2D eigenvalue weighted by Crippen LogP contribution is 2.47. The Hall–Kier alpha value is -14.3. The summed E-state index contributed by atoms with van der Waals surface area (Å²) in [5.41, 5.74) is 25.1. The highest BCUT2D eigenvalue weighted by Gasteiger charge is 2.22. The van der Waals surface area contributed by atoms with Gasteiger partial charge >= 0.3 is 0 Å². The first kappa shape index (κ1) is 63.8. The summed E-state index contributed by atoms with van der Waals surface area (Å²) in [7, 11) is 0. The second-order valence-electron chi connectivity index (χ2n) is 26.2. The molecule has 8 nitrogen and oxygen atoms in total. The maximum atomic E-state index is 5.29. The van der Waals surface area contributed by atoms with Gasteiger partial charge < -0.3 is 0 Å². The summed E-state index contributed by atoms with van der Waals surface area (Å²) in [5, 5.41) is 9.72. The summed E-state index contributed by atoms with van der Waals surface area (Å²) in [6.45, 7) is 0. The van der Waals surface area contributed by atoms with Crippen molar-refractivity contribution in [3.05, 3.63) is 389 Å². The molecule has 0 amide bonds. The van der Waals surface area contributed by atoms with Gasteiger partial charge in [-0.15, -0.1) is 0 Å². The molecule has 0 atom stereocenters. The minimum Gasteiger partial charge on any atom is -0.264 e. The summed E-state index contributed by atoms with van der Waals surface area (Å²) in [6.07, 6.45) is 14.7. The summed E-state index contributed by atoms with van der Waals surface area (Å²) < 4.78 is 0. The van der Waals surface area contributed by atoms with Crippen molar-refractivity contribution >= 4 is 43.1 Å². The SMILES string of the molecule is c1ccc(-c2c3ccccc3c(-c3cccc(-c4nc(-c5cccc(-c6cccnc6)c5)cc(-c5cccc(-c6cccnc6)c5)n4)c3)c3ccccc23)cc1.c1ccc(-c2c3ccccc3c(-c3cccc(-c4nc(-c5cccnc5)cc(-c5cccc(-c6cccnc6)c5)n4)c3)c3ccccc23)cc1. The molecule has 8 heteroatoms. The average molecular weight is 1350 g/mol. The number of aromatic nitrogens is 8. The van der Waals surface area contributed by atoms with Crippen molar-refractivity contribution in [1.82, 2.24) is 39.9 Å². The van der Waals surface area contributed by atoms with Gasteiger partial charge in [-0.1, -0.05) is 267 Å². The van der Waals surface area contributed by atoms with Crippen LogP contribution in [0.15, 0.2) is 389 Å². The van der Waals surface area contributed by atoms with Crippen LogP contribution < -0.4 is 0 Å². The van der Waals surface area contributed by atoms with Crippen LogP contribution in [0.4, 0.5) is 0 Å². The lowest BCUT2D eigenvalue weighted by Gasteiger charge is -2.18. The van der Waals surface area contributed by atoms with Gasteiger partial charge in [0, 0.05) is 99.6 Å². The molecule has 0 aliphatic carbocycles. The largest absolute Gasteiger partial charge is 0.264 e. The maximum Gasteiger partial charge on any atom is 0.160 e. The number of benzene rings is 13. The summed E-state index contributed by atoms with van der Waals surface area (Å²) in [4.78, 5) is 38.4. The molecule has 19 aromatic rings. The van der Waals surface area contributed by atoms with Gasteiger partial charge in [0.15, 0.2) is 11.6 Å². The molecule has 0 aliphatic heterocycles. The normalized spacial score (nSPS) is 11.2. The van der Waals surface area contributed by atoms with Crippen LogP contribution in [0, 0.1) is 0 Å². The first-order chi connectivity index (χ1) is 52.6. The fraction of sp³-hybridized carbons (Fsp3) is 0. The molecule has 0 saturated carbocycles. The van der Waals surface area contributed by atoms with Crippen LogP contribution in [-0.2, 0) is 0 Å². The predicted molar refractivity (Wildman–Crippen MR) is 436 cm³/mol. The van der Waals surface area contributed by atoms with Crippen LogP contribution in [0.25, 0.3) is 189 Å². The van der Waals surface area contributed by atoms with Gasteiger partial charge in [-0.3, -0.25) is 19.9 Å². The van der Waals surface area contributed by atoms with Gasteiger partial charge in [0.1, 0.15) is 0 Å². The molecule has 19 rings (SSSR count). The molecule has 6 heterocycles. The van der Waals surface area contributed by atoms with E-state index in [2.05, 4.69) is 329 Å². The first-order valence-corrected chi connectivity index (χ1v) is 35.5. The molecular formula is C98H64N8. The number of hydrogen-bond acceptors (Lipinski definition) is 8. The van der Waals surface area contributed by atoms with E-state index in [1.807, 2.05) is 55.1 Å². The van der Waals surface area contributed by atoms with Gasteiger partial charge in [0.25, 0.3) is 0 Å². The van der Waals surface area contributed by atoms with E-state index in [9.17, 15) is 0 Å². The average Bonchev–Trinajstić information content (AvgIpc) is 0.742. The Labute approximate surface area is 614 Å². The van der Waals surface area contributed by atoms with E-state index in [-0.39, 0.29) is 0 Å². The van der Waals surface area contributed by atoms with Crippen LogP contribution in [0.2, 0.25) is 0 Å². The van der Waals surface area contributed by atoms with Crippen LogP contribution >= 0.6 is 0 Å². The Bertz CT molecular complexity index is 6220. The van der Waals surface area contributed by atoms with Gasteiger partial charge in [-0.05, 0) is 177 Å². The van der Waals surface area contributed by atoms with Crippen LogP contribution in [0.3, 0.4) is 0 Å². The van der Waals surface area contributed by atoms with E-state index in [1.54, 1.807) is 24.8 Å². The number of fused-ring (bicyclic) bond motifs is 4. The standard InChI is InChI=1S/C52H34N4.C46H30N4/c1-2-13-35(14-3-1)50-44-23-4-6-25-46(44)51(47-26-7-5-24-45(47)50)40-19-10-20-41(31-40)52-55-48(38-17-8-15-36(29-38)42-21-11-27-53-33-42)32-49(56-52)39-18-9-16-37(30-39)43-22-12-28-54-34-43;1-2-12-31(13-3-1)44-38-20-4-6-22-40(38)45(41-23-7-5-21-39(41)44)34-16-9-17-35(27-34)46-49-42(28-43(50-46)37-19-11-25-48-30-37)33-15-8-14-32(26-33)36-18-10-24-47-29-36/h1-34H;1-30H. The number of rotatable bonds is 13. The third kappa shape index (κ3) is 12.7. The molecule has 496 valence electrons. The van der Waals surface area contributed by atoms with Crippen LogP contribution in [-0.4, -0.2) is 39.9 Å². The van der Waals surface area contributed by atoms with Crippen molar-refractivity contribution in [3.63, 3.8) is 0 Å². The van der Waals surface area contributed by atoms with Gasteiger partial charge in [0.2, 0.25) is 0 Å². The van der Waals surface area contributed by atoms with E-state index < -0.39 is 0 Å². The lowest BCUT2D eigenvalue weighted by Crippen LogP contribution is -1.97. The summed E-state index contributed by atoms with van der Waals surface area (Å²) >= 11 is 0. The highest BCUT2D eigenvalue weighted by atomic mass is 14.9. The molecule has 106 heavy (non-hydrogen) atoms. The minimum atomic E-state index is 0.657. The first-order valence-electron chi connectivity index (χ1n) is 35.5. The third-order valence-corrected chi connectivity index (χ3v) is 19.7. The second kappa shape index (κ2) is 28.6. The molecule has 6 aromatic heterocycles. The van der Waals surface area contributed by atoms with Crippen LogP contribution in [0.5, 0.6) is 0 Å². The Morgan fingerprint density at radius 2 is 0.358 bits per heavy atom. The Morgan fingerprint density at radius 1 is 0.142 bits per heavy atom. The molecule has 0 aliphatic rings. The Morgan fingerprint density at radius 3 is 0.651 bits per heavy atom.